The number of hydrogen-bond acceptors (Lipinski definition) is 9. The molecular weight excluding hydrogens is 729 g/mol. The largest absolute Gasteiger partial charge is 0.488 e. The molecule has 4 N–H and O–H groups in total. The van der Waals surface area contributed by atoms with Gasteiger partial charge in [-0.3, -0.25) is 9.59 Å². The SMILES string of the molecule is CCC(NC(=O)OC)C(=O)N(Cc1nc2ccc3cc4c(cc3c2[nH]1)OCc1cc(-c2cnc(CN(C(=O)CNC(=O)OC)C(CC)CC)[nH]2)ccc1-4)CC(C)C. The minimum absolute atomic E-state index is 0.0125. The smallest absolute Gasteiger partial charge is 0.407 e. The minimum atomic E-state index is -0.711. The molecule has 6 rings (SSSR count). The molecule has 1 unspecified atom stereocenters. The van der Waals surface area contributed by atoms with E-state index < -0.39 is 18.2 Å². The summed E-state index contributed by atoms with van der Waals surface area (Å²) in [5.41, 5.74) is 6.48. The average Bonchev–Trinajstić information content (AvgIpc) is 3.87. The molecule has 1 aliphatic rings. The van der Waals surface area contributed by atoms with Gasteiger partial charge >= 0.3 is 12.2 Å². The highest BCUT2D eigenvalue weighted by Gasteiger charge is 2.28. The summed E-state index contributed by atoms with van der Waals surface area (Å²) < 4.78 is 15.7. The van der Waals surface area contributed by atoms with Crippen molar-refractivity contribution in [1.29, 1.82) is 0 Å². The lowest BCUT2D eigenvalue weighted by Crippen LogP contribution is -2.49. The number of ether oxygens (including phenoxy) is 3. The normalized spacial score (nSPS) is 12.5. The molecule has 0 radical (unpaired) electrons. The van der Waals surface area contributed by atoms with Crippen LogP contribution in [0.2, 0.25) is 0 Å². The van der Waals surface area contributed by atoms with Gasteiger partial charge in [0.15, 0.2) is 0 Å². The first-order chi connectivity index (χ1) is 27.5. The number of aromatic nitrogens is 4. The second kappa shape index (κ2) is 17.8. The number of carbonyl (C=O) groups is 4. The molecule has 302 valence electrons. The summed E-state index contributed by atoms with van der Waals surface area (Å²) in [6.07, 6.45) is 2.43. The van der Waals surface area contributed by atoms with Crippen LogP contribution >= 0.6 is 0 Å². The van der Waals surface area contributed by atoms with Gasteiger partial charge in [-0.15, -0.1) is 0 Å². The van der Waals surface area contributed by atoms with Gasteiger partial charge in [0.2, 0.25) is 11.8 Å². The lowest BCUT2D eigenvalue weighted by Gasteiger charge is -2.30. The second-order valence-electron chi connectivity index (χ2n) is 14.7. The first-order valence-electron chi connectivity index (χ1n) is 19.5. The van der Waals surface area contributed by atoms with Crippen LogP contribution in [0.4, 0.5) is 9.59 Å². The third-order valence-electron chi connectivity index (χ3n) is 10.4. The summed E-state index contributed by atoms with van der Waals surface area (Å²) in [6, 6.07) is 13.7. The van der Waals surface area contributed by atoms with E-state index in [1.165, 1.54) is 14.2 Å². The highest BCUT2D eigenvalue weighted by Crippen LogP contribution is 2.42. The van der Waals surface area contributed by atoms with Crippen molar-refractivity contribution in [1.82, 2.24) is 40.4 Å². The number of fused-ring (bicyclic) bond motifs is 6. The zero-order valence-corrected chi connectivity index (χ0v) is 33.7. The Morgan fingerprint density at radius 3 is 2.37 bits per heavy atom. The van der Waals surface area contributed by atoms with E-state index in [-0.39, 0.29) is 43.4 Å². The van der Waals surface area contributed by atoms with E-state index in [2.05, 4.69) is 54.6 Å². The molecule has 0 spiro atoms. The van der Waals surface area contributed by atoms with Crippen molar-refractivity contribution in [3.05, 3.63) is 65.9 Å². The Morgan fingerprint density at radius 2 is 1.67 bits per heavy atom. The number of amides is 4. The number of benzene rings is 3. The zero-order valence-electron chi connectivity index (χ0n) is 33.7. The summed E-state index contributed by atoms with van der Waals surface area (Å²) in [5, 5.41) is 7.11. The third kappa shape index (κ3) is 8.97. The topological polar surface area (TPSA) is 184 Å². The van der Waals surface area contributed by atoms with Gasteiger partial charge in [0, 0.05) is 23.5 Å². The maximum absolute atomic E-state index is 13.6. The lowest BCUT2D eigenvalue weighted by molar-refractivity contribution is -0.135. The fourth-order valence-corrected chi connectivity index (χ4v) is 7.42. The summed E-state index contributed by atoms with van der Waals surface area (Å²) in [6.45, 7) is 11.2. The molecule has 4 amide bonds. The molecule has 0 saturated carbocycles. The number of hydrogen-bond donors (Lipinski definition) is 4. The Hall–Kier alpha value is -6.12. The number of H-pyrrole nitrogens is 2. The maximum Gasteiger partial charge on any atom is 0.407 e. The van der Waals surface area contributed by atoms with Crippen LogP contribution in [0.3, 0.4) is 0 Å². The second-order valence-corrected chi connectivity index (χ2v) is 14.7. The number of imidazole rings is 2. The zero-order chi connectivity index (χ0) is 40.8. The Bertz CT molecular complexity index is 2260. The van der Waals surface area contributed by atoms with Gasteiger partial charge in [-0.05, 0) is 71.5 Å². The van der Waals surface area contributed by atoms with Crippen molar-refractivity contribution in [2.75, 3.05) is 27.3 Å². The van der Waals surface area contributed by atoms with Crippen LogP contribution in [-0.2, 0) is 38.8 Å². The Labute approximate surface area is 331 Å². The van der Waals surface area contributed by atoms with E-state index in [0.717, 1.165) is 68.3 Å². The van der Waals surface area contributed by atoms with Crippen molar-refractivity contribution >= 4 is 45.8 Å². The molecule has 0 fully saturated rings. The number of nitrogens with zero attached hydrogens (tertiary/aromatic N) is 4. The molecule has 57 heavy (non-hydrogen) atoms. The van der Waals surface area contributed by atoms with Crippen LogP contribution in [0.25, 0.3) is 44.2 Å². The number of carbonyl (C=O) groups excluding carboxylic acids is 4. The molecule has 0 bridgehead atoms. The van der Waals surface area contributed by atoms with E-state index in [1.807, 2.05) is 52.8 Å². The van der Waals surface area contributed by atoms with E-state index >= 15 is 0 Å². The highest BCUT2D eigenvalue weighted by atomic mass is 16.5. The fraction of sp³-hybridized carbons (Fsp3) is 0.429. The third-order valence-corrected chi connectivity index (χ3v) is 10.4. The van der Waals surface area contributed by atoms with Gasteiger partial charge in [-0.25, -0.2) is 19.6 Å². The van der Waals surface area contributed by atoms with Gasteiger partial charge in [-0.1, -0.05) is 52.8 Å². The molecule has 0 saturated heterocycles. The number of nitrogens with one attached hydrogen (secondary N) is 4. The molecule has 0 aliphatic carbocycles. The standard InChI is InChI=1S/C42H52N8O7/c1-8-28(9-2)50(38(51)19-44-41(53)55-6)22-36-43-18-34(46-36)26-11-13-29-27(15-26)23-57-35-17-30-25(16-31(29)35)12-14-33-39(30)48-37(45-33)21-49(20-24(4)5)40(52)32(10-3)47-42(54)56-7/h11-18,24,28,32H,8-10,19-23H2,1-7H3,(H,43,46)(H,44,53)(H,45,48)(H,47,54). The highest BCUT2D eigenvalue weighted by molar-refractivity contribution is 6.07. The van der Waals surface area contributed by atoms with Crippen molar-refractivity contribution in [3.63, 3.8) is 0 Å². The van der Waals surface area contributed by atoms with Crippen molar-refractivity contribution in [3.8, 4) is 28.1 Å². The van der Waals surface area contributed by atoms with Gasteiger partial charge in [0.25, 0.3) is 0 Å². The van der Waals surface area contributed by atoms with Crippen LogP contribution in [0.5, 0.6) is 5.75 Å². The lowest BCUT2D eigenvalue weighted by atomic mass is 9.92. The van der Waals surface area contributed by atoms with Crippen LogP contribution in [-0.4, -0.2) is 93.1 Å². The number of rotatable bonds is 15. The summed E-state index contributed by atoms with van der Waals surface area (Å²) >= 11 is 0. The summed E-state index contributed by atoms with van der Waals surface area (Å²) in [5.74, 6) is 1.84. The Balaban J connectivity index is 1.23. The van der Waals surface area contributed by atoms with Gasteiger partial charge in [0.1, 0.15) is 36.6 Å². The molecule has 3 heterocycles. The van der Waals surface area contributed by atoms with Crippen LogP contribution < -0.4 is 15.4 Å². The first kappa shape index (κ1) is 40.5. The molecule has 2 aromatic heterocycles. The Morgan fingerprint density at radius 1 is 0.895 bits per heavy atom. The molecular formula is C42H52N8O7. The fourth-order valence-electron chi connectivity index (χ4n) is 7.42. The molecule has 15 nitrogen and oxygen atoms in total. The number of alkyl carbamates (subject to hydrolysis) is 2. The predicted molar refractivity (Wildman–Crippen MR) is 216 cm³/mol. The summed E-state index contributed by atoms with van der Waals surface area (Å²) in [7, 11) is 2.54. The minimum Gasteiger partial charge on any atom is -0.488 e. The average molecular weight is 781 g/mol. The summed E-state index contributed by atoms with van der Waals surface area (Å²) in [4.78, 5) is 70.1. The van der Waals surface area contributed by atoms with E-state index in [0.29, 0.717) is 31.2 Å². The Kier molecular flexibility index (Phi) is 12.6. The molecule has 1 atom stereocenters. The first-order valence-corrected chi connectivity index (χ1v) is 19.5. The quantitative estimate of drug-likeness (QED) is 0.0903. The van der Waals surface area contributed by atoms with Crippen molar-refractivity contribution < 1.29 is 33.4 Å². The molecule has 3 aromatic carbocycles. The van der Waals surface area contributed by atoms with Crippen molar-refractivity contribution in [2.24, 2.45) is 5.92 Å². The predicted octanol–water partition coefficient (Wildman–Crippen LogP) is 6.66. The molecule has 1 aliphatic heterocycles. The van der Waals surface area contributed by atoms with Crippen LogP contribution in [0.15, 0.2) is 48.7 Å². The van der Waals surface area contributed by atoms with Gasteiger partial charge in [0.05, 0.1) is 50.2 Å². The van der Waals surface area contributed by atoms with Crippen LogP contribution in [0, 0.1) is 5.92 Å². The van der Waals surface area contributed by atoms with E-state index in [9.17, 15) is 19.2 Å². The van der Waals surface area contributed by atoms with Crippen molar-refractivity contribution in [2.45, 2.75) is 85.7 Å². The maximum atomic E-state index is 13.6. The van der Waals surface area contributed by atoms with Crippen LogP contribution in [0.1, 0.15) is 71.1 Å². The number of aromatic amines is 2. The number of methoxy groups -OCH3 is 2. The van der Waals surface area contributed by atoms with E-state index in [1.54, 1.807) is 16.0 Å². The molecule has 15 heteroatoms. The monoisotopic (exact) mass is 780 g/mol. The van der Waals surface area contributed by atoms with Gasteiger partial charge < -0.3 is 44.6 Å². The van der Waals surface area contributed by atoms with E-state index in [4.69, 9.17) is 14.5 Å². The molecule has 5 aromatic rings. The van der Waals surface area contributed by atoms with Gasteiger partial charge in [-0.2, -0.15) is 0 Å².